The first-order valence-electron chi connectivity index (χ1n) is 6.63. The van der Waals surface area contributed by atoms with Crippen LogP contribution in [0, 0.1) is 0 Å². The van der Waals surface area contributed by atoms with Gasteiger partial charge in [-0.1, -0.05) is 6.07 Å². The minimum absolute atomic E-state index is 0.0112. The molecular weight excluding hydrogens is 287 g/mol. The van der Waals surface area contributed by atoms with Crippen LogP contribution in [0.15, 0.2) is 24.3 Å². The van der Waals surface area contributed by atoms with Gasteiger partial charge in [0.15, 0.2) is 6.61 Å². The molecule has 1 aromatic carbocycles. The first kappa shape index (κ1) is 15.6. The molecule has 0 bridgehead atoms. The van der Waals surface area contributed by atoms with Crippen molar-refractivity contribution in [1.82, 2.24) is 5.32 Å². The van der Waals surface area contributed by atoms with E-state index in [0.717, 1.165) is 25.0 Å². The fraction of sp³-hybridized carbons (Fsp3) is 0.500. The second-order valence-electron chi connectivity index (χ2n) is 4.75. The molecule has 1 fully saturated rings. The molecule has 1 amide bonds. The Morgan fingerprint density at radius 3 is 2.90 bits per heavy atom. The van der Waals surface area contributed by atoms with Crippen LogP contribution in [0.3, 0.4) is 0 Å². The highest BCUT2D eigenvalue weighted by atomic mass is 19.4. The zero-order valence-electron chi connectivity index (χ0n) is 11.3. The van der Waals surface area contributed by atoms with Gasteiger partial charge in [0, 0.05) is 13.2 Å². The summed E-state index contributed by atoms with van der Waals surface area (Å²) in [5.41, 5.74) is -0.806. The molecule has 0 saturated carbocycles. The van der Waals surface area contributed by atoms with Crippen molar-refractivity contribution < 1.29 is 27.4 Å². The predicted octanol–water partition coefficient (Wildman–Crippen LogP) is 2.38. The van der Waals surface area contributed by atoms with Crippen LogP contribution in [0.1, 0.15) is 18.4 Å². The summed E-state index contributed by atoms with van der Waals surface area (Å²) in [6.07, 6.45) is -2.54. The summed E-state index contributed by atoms with van der Waals surface area (Å²) in [5.74, 6) is -0.375. The average Bonchev–Trinajstić information content (AvgIpc) is 2.95. The summed E-state index contributed by atoms with van der Waals surface area (Å²) >= 11 is 0. The Bertz CT molecular complexity index is 485. The molecule has 21 heavy (non-hydrogen) atoms. The van der Waals surface area contributed by atoms with Crippen LogP contribution in [0.25, 0.3) is 0 Å². The third-order valence-electron chi connectivity index (χ3n) is 3.08. The van der Waals surface area contributed by atoms with Gasteiger partial charge in [0.25, 0.3) is 5.91 Å². The summed E-state index contributed by atoms with van der Waals surface area (Å²) < 4.78 is 47.9. The second kappa shape index (κ2) is 6.80. The fourth-order valence-electron chi connectivity index (χ4n) is 2.00. The number of carbonyl (C=O) groups is 1. The maximum absolute atomic E-state index is 12.5. The maximum atomic E-state index is 12.5. The van der Waals surface area contributed by atoms with Crippen molar-refractivity contribution in [2.24, 2.45) is 0 Å². The minimum atomic E-state index is -4.43. The molecule has 1 atom stereocenters. The van der Waals surface area contributed by atoms with Crippen molar-refractivity contribution in [3.8, 4) is 5.75 Å². The zero-order chi connectivity index (χ0) is 15.3. The lowest BCUT2D eigenvalue weighted by Gasteiger charge is -2.12. The quantitative estimate of drug-likeness (QED) is 0.908. The average molecular weight is 303 g/mol. The van der Waals surface area contributed by atoms with E-state index in [1.807, 2.05) is 0 Å². The molecule has 0 unspecified atom stereocenters. The van der Waals surface area contributed by atoms with Crippen LogP contribution < -0.4 is 10.1 Å². The third-order valence-corrected chi connectivity index (χ3v) is 3.08. The van der Waals surface area contributed by atoms with E-state index in [1.54, 1.807) is 0 Å². The number of hydrogen-bond donors (Lipinski definition) is 1. The van der Waals surface area contributed by atoms with Crippen LogP contribution in [0.2, 0.25) is 0 Å². The lowest BCUT2D eigenvalue weighted by molar-refractivity contribution is -0.137. The molecule has 1 aliphatic rings. The molecule has 1 heterocycles. The van der Waals surface area contributed by atoms with E-state index in [9.17, 15) is 18.0 Å². The normalized spacial score (nSPS) is 18.5. The van der Waals surface area contributed by atoms with Gasteiger partial charge in [0.05, 0.1) is 11.7 Å². The van der Waals surface area contributed by atoms with Crippen molar-refractivity contribution in [1.29, 1.82) is 0 Å². The number of nitrogens with one attached hydrogen (secondary N) is 1. The maximum Gasteiger partial charge on any atom is 0.416 e. The van der Waals surface area contributed by atoms with E-state index >= 15 is 0 Å². The van der Waals surface area contributed by atoms with E-state index in [0.29, 0.717) is 13.2 Å². The number of hydrogen-bond acceptors (Lipinski definition) is 3. The Balaban J connectivity index is 1.78. The number of amides is 1. The summed E-state index contributed by atoms with van der Waals surface area (Å²) in [6.45, 7) is 0.764. The summed E-state index contributed by atoms with van der Waals surface area (Å²) in [5, 5.41) is 2.63. The van der Waals surface area contributed by atoms with Gasteiger partial charge < -0.3 is 14.8 Å². The van der Waals surface area contributed by atoms with Gasteiger partial charge >= 0.3 is 6.18 Å². The lowest BCUT2D eigenvalue weighted by Crippen LogP contribution is -2.35. The summed E-state index contributed by atoms with van der Waals surface area (Å²) in [4.78, 5) is 11.5. The standard InChI is InChI=1S/C14H16F3NO3/c15-14(16,17)10-3-1-4-11(7-10)21-9-13(19)18-8-12-5-2-6-20-12/h1,3-4,7,12H,2,5-6,8-9H2,(H,18,19)/t12-/m0/s1. The van der Waals surface area contributed by atoms with E-state index in [1.165, 1.54) is 12.1 Å². The topological polar surface area (TPSA) is 47.6 Å². The molecule has 0 radical (unpaired) electrons. The smallest absolute Gasteiger partial charge is 0.416 e. The highest BCUT2D eigenvalue weighted by Crippen LogP contribution is 2.31. The third kappa shape index (κ3) is 4.93. The van der Waals surface area contributed by atoms with Crippen molar-refractivity contribution >= 4 is 5.91 Å². The minimum Gasteiger partial charge on any atom is -0.484 e. The number of halogens is 3. The van der Waals surface area contributed by atoms with Gasteiger partial charge in [0.1, 0.15) is 5.75 Å². The van der Waals surface area contributed by atoms with Crippen LogP contribution in [0.5, 0.6) is 5.75 Å². The van der Waals surface area contributed by atoms with Crippen molar-refractivity contribution in [3.05, 3.63) is 29.8 Å². The van der Waals surface area contributed by atoms with Crippen LogP contribution in [0.4, 0.5) is 13.2 Å². The van der Waals surface area contributed by atoms with E-state index in [-0.39, 0.29) is 24.4 Å². The van der Waals surface area contributed by atoms with E-state index < -0.39 is 11.7 Å². The summed E-state index contributed by atoms with van der Waals surface area (Å²) in [7, 11) is 0. The van der Waals surface area contributed by atoms with Gasteiger partial charge in [0.2, 0.25) is 0 Å². The van der Waals surface area contributed by atoms with Gasteiger partial charge in [-0.3, -0.25) is 4.79 Å². The molecule has 0 aromatic heterocycles. The highest BCUT2D eigenvalue weighted by Gasteiger charge is 2.30. The monoisotopic (exact) mass is 303 g/mol. The lowest BCUT2D eigenvalue weighted by atomic mass is 10.2. The predicted molar refractivity (Wildman–Crippen MR) is 68.9 cm³/mol. The van der Waals surface area contributed by atoms with Gasteiger partial charge in [-0.15, -0.1) is 0 Å². The molecule has 1 aromatic rings. The molecular formula is C14H16F3NO3. The molecule has 1 aliphatic heterocycles. The first-order valence-corrected chi connectivity index (χ1v) is 6.63. The van der Waals surface area contributed by atoms with Crippen LogP contribution >= 0.6 is 0 Å². The molecule has 1 N–H and O–H groups in total. The van der Waals surface area contributed by atoms with Gasteiger partial charge in [-0.25, -0.2) is 0 Å². The Labute approximate surface area is 120 Å². The Morgan fingerprint density at radius 1 is 1.43 bits per heavy atom. The number of alkyl halides is 3. The van der Waals surface area contributed by atoms with E-state index in [2.05, 4.69) is 5.32 Å². The largest absolute Gasteiger partial charge is 0.484 e. The van der Waals surface area contributed by atoms with Gasteiger partial charge in [-0.05, 0) is 31.0 Å². The zero-order valence-corrected chi connectivity index (χ0v) is 11.3. The molecule has 116 valence electrons. The van der Waals surface area contributed by atoms with Gasteiger partial charge in [-0.2, -0.15) is 13.2 Å². The highest BCUT2D eigenvalue weighted by molar-refractivity contribution is 5.77. The SMILES string of the molecule is O=C(COc1cccc(C(F)(F)F)c1)NC[C@@H]1CCCO1. The molecule has 7 heteroatoms. The number of carbonyl (C=O) groups excluding carboxylic acids is 1. The number of benzene rings is 1. The van der Waals surface area contributed by atoms with E-state index in [4.69, 9.17) is 9.47 Å². The molecule has 2 rings (SSSR count). The molecule has 4 nitrogen and oxygen atoms in total. The Hall–Kier alpha value is -1.76. The molecule has 0 spiro atoms. The summed E-state index contributed by atoms with van der Waals surface area (Å²) in [6, 6.07) is 4.43. The fourth-order valence-corrected chi connectivity index (χ4v) is 2.00. The van der Waals surface area contributed by atoms with Crippen molar-refractivity contribution in [3.63, 3.8) is 0 Å². The van der Waals surface area contributed by atoms with Crippen LogP contribution in [-0.4, -0.2) is 31.8 Å². The molecule has 1 saturated heterocycles. The Morgan fingerprint density at radius 2 is 2.24 bits per heavy atom. The number of ether oxygens (including phenoxy) is 2. The Kier molecular flexibility index (Phi) is 5.06. The second-order valence-corrected chi connectivity index (χ2v) is 4.75. The van der Waals surface area contributed by atoms with Crippen LogP contribution in [-0.2, 0) is 15.7 Å². The van der Waals surface area contributed by atoms with Crippen molar-refractivity contribution in [2.45, 2.75) is 25.1 Å². The first-order chi connectivity index (χ1) is 9.95. The number of rotatable bonds is 5. The van der Waals surface area contributed by atoms with Crippen molar-refractivity contribution in [2.75, 3.05) is 19.8 Å². The molecule has 0 aliphatic carbocycles.